The van der Waals surface area contributed by atoms with Crippen LogP contribution in [0.4, 0.5) is 10.1 Å². The summed E-state index contributed by atoms with van der Waals surface area (Å²) >= 11 is 0. The fraction of sp³-hybridized carbons (Fsp3) is 0.231. The van der Waals surface area contributed by atoms with Gasteiger partial charge in [0, 0.05) is 12.1 Å². The molecule has 2 aromatic rings. The summed E-state index contributed by atoms with van der Waals surface area (Å²) in [6.07, 6.45) is 0. The normalized spacial score (nSPS) is 11.4. The van der Waals surface area contributed by atoms with Gasteiger partial charge in [-0.1, -0.05) is 0 Å². The number of hydrogen-bond acceptors (Lipinski definition) is 5. The van der Waals surface area contributed by atoms with Crippen molar-refractivity contribution in [2.24, 2.45) is 5.73 Å². The number of ether oxygens (including phenoxy) is 1. The van der Waals surface area contributed by atoms with E-state index in [1.54, 1.807) is 0 Å². The fourth-order valence-electron chi connectivity index (χ4n) is 1.84. The van der Waals surface area contributed by atoms with E-state index in [-0.39, 0.29) is 28.6 Å². The molecule has 21 heavy (non-hydrogen) atoms. The van der Waals surface area contributed by atoms with E-state index >= 15 is 0 Å². The fourth-order valence-corrected chi connectivity index (χ4v) is 3.12. The van der Waals surface area contributed by atoms with Crippen LogP contribution in [0.1, 0.15) is 11.5 Å². The van der Waals surface area contributed by atoms with Crippen LogP contribution in [0.5, 0.6) is 5.75 Å². The topological polar surface area (TPSA) is 94.6 Å². The Hall–Kier alpha value is -2.06. The molecule has 0 radical (unpaired) electrons. The average Bonchev–Trinajstić information content (AvgIpc) is 2.82. The molecule has 0 saturated heterocycles. The zero-order valence-corrected chi connectivity index (χ0v) is 12.3. The smallest absolute Gasteiger partial charge is 0.265 e. The van der Waals surface area contributed by atoms with Crippen LogP contribution in [0.25, 0.3) is 0 Å². The highest BCUT2D eigenvalue weighted by atomic mass is 32.2. The molecular weight excluding hydrogens is 299 g/mol. The van der Waals surface area contributed by atoms with Gasteiger partial charge >= 0.3 is 0 Å². The second-order valence-corrected chi connectivity index (χ2v) is 5.94. The van der Waals surface area contributed by atoms with Gasteiger partial charge in [0.25, 0.3) is 10.0 Å². The van der Waals surface area contributed by atoms with Crippen molar-refractivity contribution in [2.75, 3.05) is 11.8 Å². The number of sulfonamides is 1. The van der Waals surface area contributed by atoms with Crippen molar-refractivity contribution in [3.05, 3.63) is 41.6 Å². The van der Waals surface area contributed by atoms with Gasteiger partial charge in [-0.2, -0.15) is 0 Å². The van der Waals surface area contributed by atoms with Crippen molar-refractivity contribution in [1.29, 1.82) is 0 Å². The summed E-state index contributed by atoms with van der Waals surface area (Å²) in [4.78, 5) is -0.0191. The molecule has 0 spiro atoms. The van der Waals surface area contributed by atoms with E-state index in [4.69, 9.17) is 14.9 Å². The molecule has 0 aliphatic heterocycles. The number of nitrogens with one attached hydrogen (secondary N) is 1. The number of benzene rings is 1. The molecule has 0 atom stereocenters. The molecule has 0 bridgehead atoms. The van der Waals surface area contributed by atoms with Crippen LogP contribution in [0.15, 0.2) is 33.6 Å². The lowest BCUT2D eigenvalue weighted by Gasteiger charge is -2.11. The van der Waals surface area contributed by atoms with Crippen molar-refractivity contribution in [2.45, 2.75) is 18.4 Å². The number of halogens is 1. The van der Waals surface area contributed by atoms with Gasteiger partial charge < -0.3 is 14.9 Å². The van der Waals surface area contributed by atoms with E-state index in [1.807, 2.05) is 0 Å². The third-order valence-electron chi connectivity index (χ3n) is 2.82. The molecule has 0 saturated carbocycles. The first-order chi connectivity index (χ1) is 9.87. The van der Waals surface area contributed by atoms with Crippen LogP contribution in [0.2, 0.25) is 0 Å². The molecular formula is C13H15FN2O4S. The third-order valence-corrected chi connectivity index (χ3v) is 4.29. The van der Waals surface area contributed by atoms with Crippen LogP contribution in [0, 0.1) is 12.7 Å². The van der Waals surface area contributed by atoms with Crippen molar-refractivity contribution in [3.63, 3.8) is 0 Å². The number of furan rings is 1. The van der Waals surface area contributed by atoms with E-state index in [0.717, 1.165) is 12.1 Å². The number of methoxy groups -OCH3 is 1. The van der Waals surface area contributed by atoms with Gasteiger partial charge in [-0.05, 0) is 19.1 Å². The van der Waals surface area contributed by atoms with Crippen LogP contribution in [-0.4, -0.2) is 15.5 Å². The maximum absolute atomic E-state index is 13.1. The lowest BCUT2D eigenvalue weighted by molar-refractivity contribution is 0.413. The number of rotatable bonds is 5. The number of anilines is 1. The first-order valence-corrected chi connectivity index (χ1v) is 7.51. The van der Waals surface area contributed by atoms with Gasteiger partial charge in [0.2, 0.25) is 0 Å². The van der Waals surface area contributed by atoms with E-state index in [1.165, 1.54) is 26.2 Å². The summed E-state index contributed by atoms with van der Waals surface area (Å²) in [7, 11) is -2.56. The van der Waals surface area contributed by atoms with Crippen molar-refractivity contribution >= 4 is 15.7 Å². The molecule has 1 heterocycles. The first kappa shape index (κ1) is 15.3. The molecule has 114 valence electrons. The van der Waals surface area contributed by atoms with Crippen molar-refractivity contribution in [1.82, 2.24) is 0 Å². The van der Waals surface area contributed by atoms with Gasteiger partial charge in [0.15, 0.2) is 0 Å². The Morgan fingerprint density at radius 3 is 2.67 bits per heavy atom. The lowest BCUT2D eigenvalue weighted by Crippen LogP contribution is -2.14. The molecule has 0 aliphatic carbocycles. The molecule has 3 N–H and O–H groups in total. The van der Waals surface area contributed by atoms with E-state index in [0.29, 0.717) is 5.76 Å². The number of hydrogen-bond donors (Lipinski definition) is 2. The SMILES string of the molecule is COc1cc(F)ccc1NS(=O)(=O)c1cc(CN)oc1C. The van der Waals surface area contributed by atoms with Crippen LogP contribution in [0.3, 0.4) is 0 Å². The minimum atomic E-state index is -3.88. The highest BCUT2D eigenvalue weighted by molar-refractivity contribution is 7.92. The Balaban J connectivity index is 2.39. The van der Waals surface area contributed by atoms with Crippen LogP contribution in [-0.2, 0) is 16.6 Å². The summed E-state index contributed by atoms with van der Waals surface area (Å²) in [5, 5.41) is 0. The summed E-state index contributed by atoms with van der Waals surface area (Å²) in [6.45, 7) is 1.62. The quantitative estimate of drug-likeness (QED) is 0.880. The lowest BCUT2D eigenvalue weighted by atomic mass is 10.3. The molecule has 0 amide bonds. The molecule has 2 rings (SSSR count). The zero-order valence-electron chi connectivity index (χ0n) is 11.5. The van der Waals surface area contributed by atoms with E-state index < -0.39 is 15.8 Å². The summed E-state index contributed by atoms with van der Waals surface area (Å²) in [5.41, 5.74) is 5.55. The minimum absolute atomic E-state index is 0.0191. The highest BCUT2D eigenvalue weighted by Crippen LogP contribution is 2.29. The second-order valence-electron chi connectivity index (χ2n) is 4.29. The van der Waals surface area contributed by atoms with Gasteiger partial charge in [-0.3, -0.25) is 4.72 Å². The zero-order chi connectivity index (χ0) is 15.6. The summed E-state index contributed by atoms with van der Waals surface area (Å²) in [6, 6.07) is 4.86. The maximum Gasteiger partial charge on any atom is 0.265 e. The maximum atomic E-state index is 13.1. The molecule has 6 nitrogen and oxygen atoms in total. The van der Waals surface area contributed by atoms with Crippen LogP contribution >= 0.6 is 0 Å². The van der Waals surface area contributed by atoms with Gasteiger partial charge in [-0.15, -0.1) is 0 Å². The Labute approximate surface area is 121 Å². The largest absolute Gasteiger partial charge is 0.494 e. The van der Waals surface area contributed by atoms with Crippen LogP contribution < -0.4 is 15.2 Å². The average molecular weight is 314 g/mol. The third kappa shape index (κ3) is 3.17. The minimum Gasteiger partial charge on any atom is -0.494 e. The molecule has 1 aromatic heterocycles. The van der Waals surface area contributed by atoms with E-state index in [9.17, 15) is 12.8 Å². The molecule has 1 aromatic carbocycles. The predicted octanol–water partition coefficient (Wildman–Crippen LogP) is 2.00. The second kappa shape index (κ2) is 5.74. The Morgan fingerprint density at radius 2 is 2.10 bits per heavy atom. The van der Waals surface area contributed by atoms with E-state index in [2.05, 4.69) is 4.72 Å². The molecule has 8 heteroatoms. The summed E-state index contributed by atoms with van der Waals surface area (Å²) < 4.78 is 50.3. The first-order valence-electron chi connectivity index (χ1n) is 6.03. The molecule has 0 aliphatic rings. The van der Waals surface area contributed by atoms with Crippen molar-refractivity contribution in [3.8, 4) is 5.75 Å². The Kier molecular flexibility index (Phi) is 4.19. The van der Waals surface area contributed by atoms with Crippen molar-refractivity contribution < 1.29 is 22.0 Å². The summed E-state index contributed by atoms with van der Waals surface area (Å²) in [5.74, 6) is 0.140. The predicted molar refractivity (Wildman–Crippen MR) is 75.1 cm³/mol. The molecule has 0 fully saturated rings. The monoisotopic (exact) mass is 314 g/mol. The van der Waals surface area contributed by atoms with Gasteiger partial charge in [-0.25, -0.2) is 12.8 Å². The Bertz CT molecular complexity index is 756. The standard InChI is InChI=1S/C13H15FN2O4S/c1-8-13(6-10(7-15)20-8)21(17,18)16-11-4-3-9(14)5-12(11)19-2/h3-6,16H,7,15H2,1-2H3. The number of aryl methyl sites for hydroxylation is 1. The molecule has 0 unspecified atom stereocenters. The Morgan fingerprint density at radius 1 is 1.38 bits per heavy atom. The van der Waals surface area contributed by atoms with Gasteiger partial charge in [0.1, 0.15) is 28.0 Å². The number of nitrogens with two attached hydrogens (primary N) is 1. The van der Waals surface area contributed by atoms with Gasteiger partial charge in [0.05, 0.1) is 19.3 Å². The highest BCUT2D eigenvalue weighted by Gasteiger charge is 2.22.